The van der Waals surface area contributed by atoms with Gasteiger partial charge >= 0.3 is 5.97 Å². The van der Waals surface area contributed by atoms with Gasteiger partial charge in [0.15, 0.2) is 6.04 Å². The first kappa shape index (κ1) is 20.3. The van der Waals surface area contributed by atoms with E-state index in [1.54, 1.807) is 13.0 Å². The number of H-pyrrole nitrogens is 1. The van der Waals surface area contributed by atoms with Crippen LogP contribution in [-0.4, -0.2) is 42.6 Å². The molecule has 0 aliphatic carbocycles. The van der Waals surface area contributed by atoms with Crippen molar-refractivity contribution >= 4 is 28.5 Å². The number of quaternary nitrogens is 1. The largest absolute Gasteiger partial charge is 0.461 e. The molecule has 0 saturated carbocycles. The number of rotatable bonds is 5. The maximum absolute atomic E-state index is 13.8. The minimum absolute atomic E-state index is 0.137. The number of hydrogen-bond donors (Lipinski definition) is 3. The number of fused-ring (bicyclic) bond motifs is 1. The fourth-order valence-corrected chi connectivity index (χ4v) is 4.25. The Hall–Kier alpha value is -2.41. The van der Waals surface area contributed by atoms with Gasteiger partial charge in [0.05, 0.1) is 25.4 Å². The average molecular weight is 390 g/mol. The van der Waals surface area contributed by atoms with E-state index in [9.17, 15) is 14.0 Å². The number of carbonyl (C=O) groups excluding carboxylic acids is 2. The number of nitrogens with one attached hydrogen (secondary N) is 3. The molecule has 6 nitrogen and oxygen atoms in total. The second-order valence-corrected chi connectivity index (χ2v) is 8.01. The third kappa shape index (κ3) is 4.19. The fourth-order valence-electron chi connectivity index (χ4n) is 4.25. The lowest BCUT2D eigenvalue weighted by Gasteiger charge is -2.35. The number of aromatic nitrogens is 1. The zero-order chi connectivity index (χ0) is 20.4. The van der Waals surface area contributed by atoms with Gasteiger partial charge in [0.2, 0.25) is 0 Å². The molecule has 0 bridgehead atoms. The number of anilines is 1. The number of hydrogen-bond acceptors (Lipinski definition) is 3. The lowest BCUT2D eigenvalue weighted by atomic mass is 9.91. The first-order valence-corrected chi connectivity index (χ1v) is 9.93. The molecule has 1 saturated heterocycles. The highest BCUT2D eigenvalue weighted by Crippen LogP contribution is 2.29. The van der Waals surface area contributed by atoms with Crippen LogP contribution >= 0.6 is 0 Å². The van der Waals surface area contributed by atoms with Gasteiger partial charge < -0.3 is 19.9 Å². The summed E-state index contributed by atoms with van der Waals surface area (Å²) in [6.07, 6.45) is 1.17. The highest BCUT2D eigenvalue weighted by atomic mass is 19.1. The molecule has 3 atom stereocenters. The van der Waals surface area contributed by atoms with Crippen LogP contribution in [0.3, 0.4) is 0 Å². The maximum atomic E-state index is 13.8. The van der Waals surface area contributed by atoms with Gasteiger partial charge in [0, 0.05) is 22.7 Å². The summed E-state index contributed by atoms with van der Waals surface area (Å²) in [4.78, 5) is 29.5. The third-order valence-electron chi connectivity index (χ3n) is 5.52. The van der Waals surface area contributed by atoms with E-state index >= 15 is 0 Å². The normalized spacial score (nSPS) is 23.4. The van der Waals surface area contributed by atoms with Crippen molar-refractivity contribution in [2.75, 3.05) is 25.0 Å². The van der Waals surface area contributed by atoms with Gasteiger partial charge in [-0.2, -0.15) is 0 Å². The van der Waals surface area contributed by atoms with Gasteiger partial charge in [0.1, 0.15) is 11.5 Å². The van der Waals surface area contributed by atoms with E-state index in [2.05, 4.69) is 24.1 Å². The average Bonchev–Trinajstić information content (AvgIpc) is 2.98. The maximum Gasteiger partial charge on any atom is 0.356 e. The minimum Gasteiger partial charge on any atom is -0.461 e. The van der Waals surface area contributed by atoms with E-state index in [-0.39, 0.29) is 29.9 Å². The molecule has 1 aromatic heterocycles. The first-order chi connectivity index (χ1) is 13.3. The summed E-state index contributed by atoms with van der Waals surface area (Å²) >= 11 is 0. The molecule has 3 rings (SSSR count). The van der Waals surface area contributed by atoms with Gasteiger partial charge in [-0.05, 0) is 38.5 Å². The van der Waals surface area contributed by atoms with Crippen molar-refractivity contribution < 1.29 is 23.6 Å². The predicted octanol–water partition coefficient (Wildman–Crippen LogP) is 2.37. The van der Waals surface area contributed by atoms with E-state index in [0.717, 1.165) is 13.1 Å². The second-order valence-electron chi connectivity index (χ2n) is 8.01. The number of esters is 1. The summed E-state index contributed by atoms with van der Waals surface area (Å²) in [7, 11) is 0. The van der Waals surface area contributed by atoms with Gasteiger partial charge in [-0.3, -0.25) is 4.79 Å². The predicted molar refractivity (Wildman–Crippen MR) is 106 cm³/mol. The molecule has 1 fully saturated rings. The molecule has 0 radical (unpaired) electrons. The van der Waals surface area contributed by atoms with Gasteiger partial charge in [-0.1, -0.05) is 13.8 Å². The van der Waals surface area contributed by atoms with Crippen LogP contribution in [0.2, 0.25) is 0 Å². The van der Waals surface area contributed by atoms with Crippen LogP contribution in [0, 0.1) is 17.7 Å². The fraction of sp³-hybridized carbons (Fsp3) is 0.524. The molecule has 1 amide bonds. The second kappa shape index (κ2) is 8.31. The quantitative estimate of drug-likeness (QED) is 0.686. The summed E-state index contributed by atoms with van der Waals surface area (Å²) in [6, 6.07) is 3.89. The van der Waals surface area contributed by atoms with E-state index < -0.39 is 11.8 Å². The molecule has 0 spiro atoms. The first-order valence-electron chi connectivity index (χ1n) is 9.93. The molecule has 3 N–H and O–H groups in total. The summed E-state index contributed by atoms with van der Waals surface area (Å²) in [5.41, 5.74) is 0.987. The van der Waals surface area contributed by atoms with Gasteiger partial charge in [-0.15, -0.1) is 0 Å². The van der Waals surface area contributed by atoms with Gasteiger partial charge in [0.25, 0.3) is 5.91 Å². The monoisotopic (exact) mass is 390 g/mol. The van der Waals surface area contributed by atoms with E-state index in [4.69, 9.17) is 4.74 Å². The standard InChI is InChI=1S/C21H28FN3O3/c1-5-28-21(27)19-18(16-9-15(22)6-7-17(16)23-19)24-20(26)14(4)25-10-12(2)8-13(3)11-25/h6-7,9,12-14,23H,5,8,10-11H2,1-4H3,(H,24,26)/p+1/t12-,13-,14+/m0/s1. The Balaban J connectivity index is 1.89. The van der Waals surface area contributed by atoms with E-state index in [1.165, 1.54) is 23.5 Å². The number of halogens is 1. The van der Waals surface area contributed by atoms with Crippen LogP contribution in [-0.2, 0) is 9.53 Å². The van der Waals surface area contributed by atoms with Crippen LogP contribution in [0.4, 0.5) is 10.1 Å². The van der Waals surface area contributed by atoms with Gasteiger partial charge in [-0.25, -0.2) is 9.18 Å². The molecule has 1 aliphatic heterocycles. The van der Waals surface area contributed by atoms with Crippen LogP contribution in [0.15, 0.2) is 18.2 Å². The smallest absolute Gasteiger partial charge is 0.356 e. The van der Waals surface area contributed by atoms with Crippen molar-refractivity contribution in [3.05, 3.63) is 29.7 Å². The van der Waals surface area contributed by atoms with Crippen molar-refractivity contribution in [2.24, 2.45) is 11.8 Å². The van der Waals surface area contributed by atoms with Crippen molar-refractivity contribution in [3.8, 4) is 0 Å². The number of amides is 1. The molecule has 0 unspecified atom stereocenters. The molecule has 152 valence electrons. The molecular formula is C21H29FN3O3+. The van der Waals surface area contributed by atoms with Crippen LogP contribution in [0.1, 0.15) is 44.6 Å². The minimum atomic E-state index is -0.574. The van der Waals surface area contributed by atoms with Crippen LogP contribution in [0.25, 0.3) is 10.9 Å². The van der Waals surface area contributed by atoms with Crippen molar-refractivity contribution in [1.82, 2.24) is 4.98 Å². The lowest BCUT2D eigenvalue weighted by Crippen LogP contribution is -3.18. The molecule has 28 heavy (non-hydrogen) atoms. The Morgan fingerprint density at radius 1 is 1.32 bits per heavy atom. The number of likely N-dealkylation sites (tertiary alicyclic amines) is 1. The SMILES string of the molecule is CCOC(=O)c1[nH]c2ccc(F)cc2c1NC(=O)[C@@H](C)[NH+]1C[C@@H](C)C[C@H](C)C1. The Morgan fingerprint density at radius 3 is 2.64 bits per heavy atom. The lowest BCUT2D eigenvalue weighted by molar-refractivity contribution is -0.925. The zero-order valence-electron chi connectivity index (χ0n) is 16.9. The number of carbonyl (C=O) groups is 2. The summed E-state index contributed by atoms with van der Waals surface area (Å²) < 4.78 is 18.9. The van der Waals surface area contributed by atoms with Crippen molar-refractivity contribution in [1.29, 1.82) is 0 Å². The van der Waals surface area contributed by atoms with E-state index in [1.807, 2.05) is 6.92 Å². The Kier molecular flexibility index (Phi) is 6.03. The molecule has 1 aromatic carbocycles. The summed E-state index contributed by atoms with van der Waals surface area (Å²) in [5, 5.41) is 3.33. The van der Waals surface area contributed by atoms with Crippen LogP contribution < -0.4 is 10.2 Å². The van der Waals surface area contributed by atoms with Crippen molar-refractivity contribution in [2.45, 2.75) is 40.2 Å². The highest BCUT2D eigenvalue weighted by Gasteiger charge is 2.33. The number of aromatic amines is 1. The third-order valence-corrected chi connectivity index (χ3v) is 5.52. The Bertz CT molecular complexity index is 869. The Morgan fingerprint density at radius 2 is 2.00 bits per heavy atom. The van der Waals surface area contributed by atoms with Crippen molar-refractivity contribution in [3.63, 3.8) is 0 Å². The molecule has 1 aliphatic rings. The highest BCUT2D eigenvalue weighted by molar-refractivity contribution is 6.11. The topological polar surface area (TPSA) is 75.6 Å². The summed E-state index contributed by atoms with van der Waals surface area (Å²) in [6.45, 7) is 10.1. The number of benzene rings is 1. The molecular weight excluding hydrogens is 361 g/mol. The van der Waals surface area contributed by atoms with Crippen LogP contribution in [0.5, 0.6) is 0 Å². The summed E-state index contributed by atoms with van der Waals surface area (Å²) in [5.74, 6) is -0.0750. The number of ether oxygens (including phenoxy) is 1. The Labute approximate surface area is 164 Å². The number of piperidine rings is 1. The molecule has 7 heteroatoms. The molecule has 2 heterocycles. The van der Waals surface area contributed by atoms with E-state index in [0.29, 0.717) is 22.7 Å². The zero-order valence-corrected chi connectivity index (χ0v) is 16.9. The molecule has 2 aromatic rings.